The van der Waals surface area contributed by atoms with E-state index in [4.69, 9.17) is 10.5 Å². The highest BCUT2D eigenvalue weighted by molar-refractivity contribution is 5.64. The highest BCUT2D eigenvalue weighted by atomic mass is 16.5. The molecule has 3 aromatic carbocycles. The molecule has 4 aromatic rings. The molecule has 0 atom stereocenters. The number of aromatic nitrogens is 2. The van der Waals surface area contributed by atoms with E-state index in [1.54, 1.807) is 6.20 Å². The molecule has 1 heterocycles. The summed E-state index contributed by atoms with van der Waals surface area (Å²) in [6.45, 7) is 0. The second-order valence-electron chi connectivity index (χ2n) is 5.95. The SMILES string of the molecule is Nc1ccc(-c2ccnc(Nc3ccc(Oc4ccccc4)cc3)n2)cc1. The Bertz CT molecular complexity index is 1020. The number of anilines is 3. The monoisotopic (exact) mass is 354 g/mol. The van der Waals surface area contributed by atoms with Crippen molar-refractivity contribution in [1.29, 1.82) is 0 Å². The van der Waals surface area contributed by atoms with Crippen molar-refractivity contribution in [2.24, 2.45) is 0 Å². The Morgan fingerprint density at radius 1 is 0.741 bits per heavy atom. The summed E-state index contributed by atoms with van der Waals surface area (Å²) in [7, 11) is 0. The zero-order valence-corrected chi connectivity index (χ0v) is 14.5. The van der Waals surface area contributed by atoms with Gasteiger partial charge in [0, 0.05) is 23.1 Å². The van der Waals surface area contributed by atoms with Gasteiger partial charge in [-0.25, -0.2) is 9.97 Å². The minimum absolute atomic E-state index is 0.529. The second kappa shape index (κ2) is 7.58. The Balaban J connectivity index is 1.47. The molecular formula is C22H18N4O. The second-order valence-corrected chi connectivity index (χ2v) is 5.95. The zero-order chi connectivity index (χ0) is 18.5. The Labute approximate surface area is 157 Å². The summed E-state index contributed by atoms with van der Waals surface area (Å²) in [4.78, 5) is 8.85. The molecule has 0 saturated carbocycles. The van der Waals surface area contributed by atoms with Gasteiger partial charge in [0.1, 0.15) is 11.5 Å². The maximum atomic E-state index is 5.80. The van der Waals surface area contributed by atoms with Crippen LogP contribution in [-0.4, -0.2) is 9.97 Å². The van der Waals surface area contributed by atoms with Gasteiger partial charge in [-0.05, 0) is 54.6 Å². The lowest BCUT2D eigenvalue weighted by Gasteiger charge is -2.09. The molecule has 0 aliphatic carbocycles. The lowest BCUT2D eigenvalue weighted by Crippen LogP contribution is -1.98. The third-order valence-corrected chi connectivity index (χ3v) is 3.95. The highest BCUT2D eigenvalue weighted by Gasteiger charge is 2.04. The first-order valence-corrected chi connectivity index (χ1v) is 8.55. The van der Waals surface area contributed by atoms with Crippen LogP contribution < -0.4 is 15.8 Å². The van der Waals surface area contributed by atoms with Gasteiger partial charge in [0.15, 0.2) is 0 Å². The average molecular weight is 354 g/mol. The van der Waals surface area contributed by atoms with Crippen molar-refractivity contribution < 1.29 is 4.74 Å². The van der Waals surface area contributed by atoms with Crippen molar-refractivity contribution in [1.82, 2.24) is 9.97 Å². The molecule has 0 fully saturated rings. The van der Waals surface area contributed by atoms with Crippen LogP contribution in [-0.2, 0) is 0 Å². The first-order valence-electron chi connectivity index (χ1n) is 8.55. The van der Waals surface area contributed by atoms with E-state index in [-0.39, 0.29) is 0 Å². The molecule has 0 unspecified atom stereocenters. The number of nitrogens with zero attached hydrogens (tertiary/aromatic N) is 2. The topological polar surface area (TPSA) is 73.1 Å². The van der Waals surface area contributed by atoms with Gasteiger partial charge in [-0.15, -0.1) is 0 Å². The molecule has 0 aliphatic heterocycles. The molecule has 0 amide bonds. The van der Waals surface area contributed by atoms with Gasteiger partial charge in [0.05, 0.1) is 5.69 Å². The molecule has 132 valence electrons. The molecule has 5 heteroatoms. The predicted octanol–water partition coefficient (Wildman–Crippen LogP) is 5.26. The van der Waals surface area contributed by atoms with Gasteiger partial charge < -0.3 is 15.8 Å². The summed E-state index contributed by atoms with van der Waals surface area (Å²) in [6.07, 6.45) is 1.73. The van der Waals surface area contributed by atoms with Crippen LogP contribution in [0.4, 0.5) is 17.3 Å². The number of hydrogen-bond donors (Lipinski definition) is 2. The van der Waals surface area contributed by atoms with Crippen LogP contribution in [0.15, 0.2) is 91.1 Å². The van der Waals surface area contributed by atoms with E-state index in [1.165, 1.54) is 0 Å². The summed E-state index contributed by atoms with van der Waals surface area (Å²) in [5, 5.41) is 3.21. The molecule has 27 heavy (non-hydrogen) atoms. The molecule has 1 aromatic heterocycles. The van der Waals surface area contributed by atoms with Crippen LogP contribution in [0.1, 0.15) is 0 Å². The standard InChI is InChI=1S/C22H18N4O/c23-17-8-6-16(7-9-17)21-14-15-24-22(26-21)25-18-10-12-20(13-11-18)27-19-4-2-1-3-5-19/h1-15H,23H2,(H,24,25,26). The number of nitrogen functional groups attached to an aromatic ring is 1. The van der Waals surface area contributed by atoms with Crippen molar-refractivity contribution in [3.8, 4) is 22.8 Å². The fourth-order valence-corrected chi connectivity index (χ4v) is 2.59. The number of para-hydroxylation sites is 1. The van der Waals surface area contributed by atoms with Crippen molar-refractivity contribution >= 4 is 17.3 Å². The number of nitrogens with one attached hydrogen (secondary N) is 1. The fraction of sp³-hybridized carbons (Fsp3) is 0. The van der Waals surface area contributed by atoms with Gasteiger partial charge >= 0.3 is 0 Å². The third kappa shape index (κ3) is 4.22. The van der Waals surface area contributed by atoms with Crippen LogP contribution in [0.2, 0.25) is 0 Å². The van der Waals surface area contributed by atoms with E-state index < -0.39 is 0 Å². The lowest BCUT2D eigenvalue weighted by molar-refractivity contribution is 0.483. The van der Waals surface area contributed by atoms with Crippen LogP contribution >= 0.6 is 0 Å². The minimum atomic E-state index is 0.529. The summed E-state index contributed by atoms with van der Waals surface area (Å²) in [5.74, 6) is 2.10. The fourth-order valence-electron chi connectivity index (χ4n) is 2.59. The van der Waals surface area contributed by atoms with E-state index >= 15 is 0 Å². The number of rotatable bonds is 5. The summed E-state index contributed by atoms with van der Waals surface area (Å²) >= 11 is 0. The van der Waals surface area contributed by atoms with Gasteiger partial charge in [-0.1, -0.05) is 30.3 Å². The first-order chi connectivity index (χ1) is 13.3. The quantitative estimate of drug-likeness (QED) is 0.478. The van der Waals surface area contributed by atoms with Crippen LogP contribution in [0, 0.1) is 0 Å². The zero-order valence-electron chi connectivity index (χ0n) is 14.5. The van der Waals surface area contributed by atoms with E-state index in [2.05, 4.69) is 15.3 Å². The molecular weight excluding hydrogens is 336 g/mol. The number of hydrogen-bond acceptors (Lipinski definition) is 5. The van der Waals surface area contributed by atoms with Crippen molar-refractivity contribution in [2.45, 2.75) is 0 Å². The Kier molecular flexibility index (Phi) is 4.66. The Morgan fingerprint density at radius 2 is 1.44 bits per heavy atom. The smallest absolute Gasteiger partial charge is 0.227 e. The van der Waals surface area contributed by atoms with Gasteiger partial charge in [-0.3, -0.25) is 0 Å². The molecule has 0 spiro atoms. The molecule has 4 rings (SSSR count). The third-order valence-electron chi connectivity index (χ3n) is 3.95. The number of benzene rings is 3. The summed E-state index contributed by atoms with van der Waals surface area (Å²) < 4.78 is 5.80. The Hall–Kier alpha value is -3.86. The van der Waals surface area contributed by atoms with Crippen LogP contribution in [0.3, 0.4) is 0 Å². The molecule has 0 aliphatic rings. The normalized spacial score (nSPS) is 10.4. The van der Waals surface area contributed by atoms with Crippen molar-refractivity contribution in [2.75, 3.05) is 11.1 Å². The molecule has 5 nitrogen and oxygen atoms in total. The van der Waals surface area contributed by atoms with E-state index in [1.807, 2.05) is 84.9 Å². The van der Waals surface area contributed by atoms with Gasteiger partial charge in [-0.2, -0.15) is 0 Å². The van der Waals surface area contributed by atoms with Gasteiger partial charge in [0.25, 0.3) is 0 Å². The van der Waals surface area contributed by atoms with Crippen molar-refractivity contribution in [3.63, 3.8) is 0 Å². The number of nitrogens with two attached hydrogens (primary N) is 1. The largest absolute Gasteiger partial charge is 0.457 e. The molecule has 0 saturated heterocycles. The molecule has 0 bridgehead atoms. The minimum Gasteiger partial charge on any atom is -0.457 e. The average Bonchev–Trinajstić information content (AvgIpc) is 2.71. The maximum absolute atomic E-state index is 5.80. The molecule has 3 N–H and O–H groups in total. The first kappa shape index (κ1) is 16.6. The maximum Gasteiger partial charge on any atom is 0.227 e. The van der Waals surface area contributed by atoms with E-state index in [0.717, 1.165) is 34.1 Å². The van der Waals surface area contributed by atoms with Crippen LogP contribution in [0.25, 0.3) is 11.3 Å². The van der Waals surface area contributed by atoms with E-state index in [0.29, 0.717) is 5.95 Å². The highest BCUT2D eigenvalue weighted by Crippen LogP contribution is 2.24. The van der Waals surface area contributed by atoms with Crippen molar-refractivity contribution in [3.05, 3.63) is 91.1 Å². The number of ether oxygens (including phenoxy) is 1. The van der Waals surface area contributed by atoms with Gasteiger partial charge in [0.2, 0.25) is 5.95 Å². The molecule has 0 radical (unpaired) electrons. The van der Waals surface area contributed by atoms with Crippen LogP contribution in [0.5, 0.6) is 11.5 Å². The predicted molar refractivity (Wildman–Crippen MR) is 108 cm³/mol. The van der Waals surface area contributed by atoms with E-state index in [9.17, 15) is 0 Å². The summed E-state index contributed by atoms with van der Waals surface area (Å²) in [5.41, 5.74) is 9.17. The Morgan fingerprint density at radius 3 is 2.19 bits per heavy atom. The summed E-state index contributed by atoms with van der Waals surface area (Å²) in [6, 6.07) is 26.8. The lowest BCUT2D eigenvalue weighted by atomic mass is 10.1.